The van der Waals surface area contributed by atoms with Crippen molar-refractivity contribution in [1.29, 1.82) is 0 Å². The Balaban J connectivity index is 2.14. The number of nitrogens with two attached hydrogens (primary N) is 3. The number of aliphatic imine (C=N–C) groups is 1. The molecule has 4 unspecified atom stereocenters. The molecule has 0 radical (unpaired) electrons. The van der Waals surface area contributed by atoms with E-state index in [1.54, 1.807) is 0 Å². The minimum absolute atomic E-state index is 0.0609. The number of hydrogen-bond donors (Lipinski definition) is 9. The second kappa shape index (κ2) is 15.1. The van der Waals surface area contributed by atoms with E-state index in [1.807, 2.05) is 0 Å². The number of carboxylic acid groups (broad SMARTS) is 1. The van der Waals surface area contributed by atoms with Gasteiger partial charge in [0.15, 0.2) is 5.96 Å². The number of H-pyrrole nitrogens is 1. The van der Waals surface area contributed by atoms with Gasteiger partial charge < -0.3 is 48.6 Å². The summed E-state index contributed by atoms with van der Waals surface area (Å²) in [6.45, 7) is 0.825. The molecule has 1 aromatic heterocycles. The van der Waals surface area contributed by atoms with Gasteiger partial charge in [-0.3, -0.25) is 24.2 Å². The van der Waals surface area contributed by atoms with Gasteiger partial charge in [-0.15, -0.1) is 0 Å². The van der Waals surface area contributed by atoms with Crippen molar-refractivity contribution in [3.05, 3.63) is 18.2 Å². The normalized spacial score (nSPS) is 17.0. The number of aromatic nitrogens is 2. The Morgan fingerprint density at radius 1 is 1.05 bits per heavy atom. The van der Waals surface area contributed by atoms with Crippen molar-refractivity contribution in [2.75, 3.05) is 13.1 Å². The van der Waals surface area contributed by atoms with Crippen molar-refractivity contribution >= 4 is 35.6 Å². The zero-order chi connectivity index (χ0) is 28.1. The van der Waals surface area contributed by atoms with E-state index in [2.05, 4.69) is 36.2 Å². The number of carbonyl (C=O) groups is 5. The monoisotopic (exact) mass is 536 g/mol. The molecule has 2 rings (SSSR count). The number of nitrogens with zero attached hydrogens (tertiary/aromatic N) is 2. The molecule has 0 saturated carbocycles. The predicted molar refractivity (Wildman–Crippen MR) is 135 cm³/mol. The number of primary amides is 1. The lowest BCUT2D eigenvalue weighted by molar-refractivity contribution is -0.142. The van der Waals surface area contributed by atoms with Crippen LogP contribution < -0.4 is 38.5 Å². The zero-order valence-corrected chi connectivity index (χ0v) is 20.9. The van der Waals surface area contributed by atoms with E-state index in [0.29, 0.717) is 18.7 Å². The Kier molecular flexibility index (Phi) is 12.0. The van der Waals surface area contributed by atoms with Gasteiger partial charge in [0.1, 0.15) is 18.1 Å². The highest BCUT2D eigenvalue weighted by Gasteiger charge is 2.31. The van der Waals surface area contributed by atoms with Gasteiger partial charge in [-0.25, -0.2) is 9.78 Å². The molecular formula is C22H36N10O6. The van der Waals surface area contributed by atoms with Gasteiger partial charge in [-0.05, 0) is 38.6 Å². The van der Waals surface area contributed by atoms with Gasteiger partial charge in [0, 0.05) is 31.3 Å². The molecule has 16 nitrogen and oxygen atoms in total. The fourth-order valence-corrected chi connectivity index (χ4v) is 3.87. The number of hydrogen-bond acceptors (Lipinski definition) is 8. The number of guanidine groups is 1. The van der Waals surface area contributed by atoms with Crippen molar-refractivity contribution in [2.24, 2.45) is 22.2 Å². The van der Waals surface area contributed by atoms with Gasteiger partial charge in [-0.2, -0.15) is 0 Å². The maximum absolute atomic E-state index is 13.2. The number of rotatable bonds is 16. The Morgan fingerprint density at radius 2 is 1.74 bits per heavy atom. The van der Waals surface area contributed by atoms with E-state index >= 15 is 0 Å². The van der Waals surface area contributed by atoms with Crippen LogP contribution in [0.4, 0.5) is 0 Å². The van der Waals surface area contributed by atoms with Crippen LogP contribution in [0.3, 0.4) is 0 Å². The van der Waals surface area contributed by atoms with Crippen LogP contribution in [-0.4, -0.2) is 87.9 Å². The van der Waals surface area contributed by atoms with Crippen LogP contribution in [0.1, 0.15) is 44.2 Å². The quantitative estimate of drug-likeness (QED) is 0.0572. The zero-order valence-electron chi connectivity index (χ0n) is 20.9. The summed E-state index contributed by atoms with van der Waals surface area (Å²) in [5, 5.41) is 20.2. The number of aliphatic carboxylic acids is 1. The summed E-state index contributed by atoms with van der Waals surface area (Å²) >= 11 is 0. The summed E-state index contributed by atoms with van der Waals surface area (Å²) in [7, 11) is 0. The number of aromatic amines is 1. The third-order valence-corrected chi connectivity index (χ3v) is 5.86. The summed E-state index contributed by atoms with van der Waals surface area (Å²) in [5.41, 5.74) is 16.4. The fourth-order valence-electron chi connectivity index (χ4n) is 3.87. The number of carboxylic acids is 1. The smallest absolute Gasteiger partial charge is 0.326 e. The van der Waals surface area contributed by atoms with Gasteiger partial charge >= 0.3 is 5.97 Å². The SMILES string of the molecule is NC(=O)CCC(NC(=O)C1CCCN1)C(=O)NC(CCCN=C(N)N)C(=O)NC(Cc1cnc[nH]1)C(=O)O. The first-order valence-corrected chi connectivity index (χ1v) is 12.2. The Hall–Kier alpha value is -4.21. The van der Waals surface area contributed by atoms with E-state index < -0.39 is 53.8 Å². The average Bonchev–Trinajstić information content (AvgIpc) is 3.57. The fraction of sp³-hybridized carbons (Fsp3) is 0.591. The van der Waals surface area contributed by atoms with Gasteiger partial charge in [0.05, 0.1) is 12.4 Å². The largest absolute Gasteiger partial charge is 0.480 e. The highest BCUT2D eigenvalue weighted by atomic mass is 16.4. The number of carbonyl (C=O) groups excluding carboxylic acids is 4. The molecule has 16 heteroatoms. The van der Waals surface area contributed by atoms with Crippen molar-refractivity contribution in [2.45, 2.75) is 69.1 Å². The lowest BCUT2D eigenvalue weighted by atomic mass is 10.1. The van der Waals surface area contributed by atoms with Gasteiger partial charge in [0.2, 0.25) is 23.6 Å². The molecule has 12 N–H and O–H groups in total. The first-order valence-electron chi connectivity index (χ1n) is 12.2. The molecule has 1 aliphatic rings. The lowest BCUT2D eigenvalue weighted by Crippen LogP contribution is -2.57. The molecule has 0 aliphatic carbocycles. The Morgan fingerprint density at radius 3 is 2.29 bits per heavy atom. The van der Waals surface area contributed by atoms with E-state index in [1.165, 1.54) is 12.5 Å². The van der Waals surface area contributed by atoms with E-state index in [0.717, 1.165) is 6.42 Å². The minimum atomic E-state index is -1.31. The molecule has 0 aromatic carbocycles. The molecule has 4 amide bonds. The van der Waals surface area contributed by atoms with Crippen molar-refractivity contribution in [3.8, 4) is 0 Å². The molecular weight excluding hydrogens is 500 g/mol. The molecule has 38 heavy (non-hydrogen) atoms. The van der Waals surface area contributed by atoms with Gasteiger partial charge in [-0.1, -0.05) is 0 Å². The van der Waals surface area contributed by atoms with Crippen LogP contribution in [0, 0.1) is 0 Å². The molecule has 1 aliphatic heterocycles. The van der Waals surface area contributed by atoms with E-state index in [9.17, 15) is 29.1 Å². The van der Waals surface area contributed by atoms with Crippen molar-refractivity contribution in [1.82, 2.24) is 31.2 Å². The standard InChI is InChI=1S/C22H36N10O6/c23-17(33)6-5-15(31-18(34)13-3-1-7-27-13)20(36)30-14(4-2-8-28-22(24)25)19(35)32-16(21(37)38)9-12-10-26-11-29-12/h10-11,13-16,27H,1-9H2,(H2,23,33)(H,26,29)(H,30,36)(H,31,34)(H,32,35)(H,37,38)(H4,24,25,28). The molecule has 210 valence electrons. The Bertz CT molecular complexity index is 989. The highest BCUT2D eigenvalue weighted by molar-refractivity contribution is 5.94. The van der Waals surface area contributed by atoms with Crippen LogP contribution in [-0.2, 0) is 30.4 Å². The third-order valence-electron chi connectivity index (χ3n) is 5.86. The Labute approximate surface area is 219 Å². The first kappa shape index (κ1) is 30.0. The van der Waals surface area contributed by atoms with Crippen molar-refractivity contribution in [3.63, 3.8) is 0 Å². The highest BCUT2D eigenvalue weighted by Crippen LogP contribution is 2.08. The molecule has 1 fully saturated rings. The maximum atomic E-state index is 13.2. The summed E-state index contributed by atoms with van der Waals surface area (Å²) < 4.78 is 0. The lowest BCUT2D eigenvalue weighted by Gasteiger charge is -2.25. The number of nitrogens with one attached hydrogen (secondary N) is 5. The third kappa shape index (κ3) is 10.4. The summed E-state index contributed by atoms with van der Waals surface area (Å²) in [5.74, 6) is -3.98. The summed E-state index contributed by atoms with van der Waals surface area (Å²) in [6, 6.07) is -4.11. The minimum Gasteiger partial charge on any atom is -0.480 e. The predicted octanol–water partition coefficient (Wildman–Crippen LogP) is -3.44. The van der Waals surface area contributed by atoms with E-state index in [-0.39, 0.29) is 44.6 Å². The van der Waals surface area contributed by atoms with Gasteiger partial charge in [0.25, 0.3) is 0 Å². The molecule has 0 bridgehead atoms. The summed E-state index contributed by atoms with van der Waals surface area (Å²) in [6.07, 6.45) is 4.22. The summed E-state index contributed by atoms with van der Waals surface area (Å²) in [4.78, 5) is 72.4. The maximum Gasteiger partial charge on any atom is 0.326 e. The topological polar surface area (TPSA) is 273 Å². The number of imidazole rings is 1. The van der Waals surface area contributed by atoms with Crippen LogP contribution in [0.5, 0.6) is 0 Å². The van der Waals surface area contributed by atoms with Crippen LogP contribution in [0.15, 0.2) is 17.5 Å². The second-order valence-corrected chi connectivity index (χ2v) is 8.91. The van der Waals surface area contributed by atoms with Crippen LogP contribution >= 0.6 is 0 Å². The molecule has 1 saturated heterocycles. The first-order chi connectivity index (χ1) is 18.1. The molecule has 0 spiro atoms. The van der Waals surface area contributed by atoms with Crippen molar-refractivity contribution < 1.29 is 29.1 Å². The van der Waals surface area contributed by atoms with E-state index in [4.69, 9.17) is 17.2 Å². The second-order valence-electron chi connectivity index (χ2n) is 8.91. The molecule has 4 atom stereocenters. The molecule has 2 heterocycles. The number of amides is 4. The molecule has 1 aromatic rings. The average molecular weight is 537 g/mol. The van der Waals surface area contributed by atoms with Crippen LogP contribution in [0.25, 0.3) is 0 Å². The van der Waals surface area contributed by atoms with Crippen LogP contribution in [0.2, 0.25) is 0 Å².